The van der Waals surface area contributed by atoms with Gasteiger partial charge >= 0.3 is 0 Å². The van der Waals surface area contributed by atoms with Crippen LogP contribution in [0, 0.1) is 6.92 Å². The summed E-state index contributed by atoms with van der Waals surface area (Å²) in [4.78, 5) is 11.9. The molecule has 0 amide bonds. The number of hydrogen-bond donors (Lipinski definition) is 0. The molecule has 0 saturated heterocycles. The van der Waals surface area contributed by atoms with Gasteiger partial charge in [0.15, 0.2) is 5.78 Å². The van der Waals surface area contributed by atoms with Gasteiger partial charge in [0.25, 0.3) is 0 Å². The van der Waals surface area contributed by atoms with Crippen LogP contribution in [0.3, 0.4) is 0 Å². The van der Waals surface area contributed by atoms with E-state index in [1.165, 1.54) is 11.3 Å². The van der Waals surface area contributed by atoms with Crippen LogP contribution >= 0.6 is 34.5 Å². The average Bonchev–Trinajstić information content (AvgIpc) is 2.73. The maximum absolute atomic E-state index is 11.9. The highest BCUT2D eigenvalue weighted by Crippen LogP contribution is 2.31. The molecule has 0 unspecified atom stereocenters. The molecule has 84 valence electrons. The van der Waals surface area contributed by atoms with E-state index in [4.69, 9.17) is 23.2 Å². The number of thiophene rings is 1. The van der Waals surface area contributed by atoms with E-state index >= 15 is 0 Å². The summed E-state index contributed by atoms with van der Waals surface area (Å²) in [6, 6.07) is 3.43. The Labute approximate surface area is 107 Å². The summed E-state index contributed by atoms with van der Waals surface area (Å²) < 4.78 is 2.53. The predicted octanol–water partition coefficient (Wildman–Crippen LogP) is 3.44. The number of carbonyl (C=O) groups is 1. The summed E-state index contributed by atoms with van der Waals surface area (Å²) in [5.74, 6) is -0.0868. The van der Waals surface area contributed by atoms with Crippen LogP contribution in [0.5, 0.6) is 0 Å². The second kappa shape index (κ2) is 4.57. The second-order valence-electron chi connectivity index (χ2n) is 3.32. The SMILES string of the molecule is Cc1ccn(CC(=O)c2cc(Cl)sc2Cl)n1. The molecule has 0 atom stereocenters. The Bertz CT molecular complexity index is 533. The molecule has 0 N–H and O–H groups in total. The molecule has 0 spiro atoms. The van der Waals surface area contributed by atoms with Crippen LogP contribution in [-0.4, -0.2) is 15.6 Å². The molecule has 2 aromatic rings. The van der Waals surface area contributed by atoms with Gasteiger partial charge in [0, 0.05) is 6.20 Å². The largest absolute Gasteiger partial charge is 0.292 e. The summed E-state index contributed by atoms with van der Waals surface area (Å²) in [6.45, 7) is 2.05. The molecule has 2 aromatic heterocycles. The third-order valence-corrected chi connectivity index (χ3v) is 3.52. The first-order chi connectivity index (χ1) is 7.56. The minimum absolute atomic E-state index is 0.0868. The van der Waals surface area contributed by atoms with Crippen molar-refractivity contribution in [2.45, 2.75) is 13.5 Å². The van der Waals surface area contributed by atoms with Crippen LogP contribution in [0.2, 0.25) is 8.67 Å². The first kappa shape index (κ1) is 11.6. The molecule has 0 aliphatic heterocycles. The first-order valence-electron chi connectivity index (χ1n) is 4.54. The molecule has 2 heterocycles. The summed E-state index contributed by atoms with van der Waals surface area (Å²) in [5, 5.41) is 4.14. The van der Waals surface area contributed by atoms with Crippen molar-refractivity contribution in [2.75, 3.05) is 0 Å². The van der Waals surface area contributed by atoms with Crippen molar-refractivity contribution >= 4 is 40.3 Å². The number of nitrogens with zero attached hydrogens (tertiary/aromatic N) is 2. The van der Waals surface area contributed by atoms with Crippen molar-refractivity contribution in [2.24, 2.45) is 0 Å². The highest BCUT2D eigenvalue weighted by atomic mass is 35.5. The molecule has 6 heteroatoms. The van der Waals surface area contributed by atoms with Crippen LogP contribution in [0.25, 0.3) is 0 Å². The fraction of sp³-hybridized carbons (Fsp3) is 0.200. The summed E-state index contributed by atoms with van der Waals surface area (Å²) in [5.41, 5.74) is 1.34. The number of Topliss-reactive ketones (excluding diaryl/α,β-unsaturated/α-hetero) is 1. The Morgan fingerprint density at radius 3 is 2.81 bits per heavy atom. The van der Waals surface area contributed by atoms with Gasteiger partial charge in [0.2, 0.25) is 0 Å². The second-order valence-corrected chi connectivity index (χ2v) is 5.60. The number of halogens is 2. The number of aromatic nitrogens is 2. The molecular formula is C10H8Cl2N2OS. The highest BCUT2D eigenvalue weighted by molar-refractivity contribution is 7.20. The standard InChI is InChI=1S/C10H8Cl2N2OS/c1-6-2-3-14(13-6)5-8(15)7-4-9(11)16-10(7)12/h2-4H,5H2,1H3. The minimum Gasteiger partial charge on any atom is -0.292 e. The van der Waals surface area contributed by atoms with Crippen LogP contribution in [0.1, 0.15) is 16.1 Å². The predicted molar refractivity (Wildman–Crippen MR) is 65.6 cm³/mol. The molecule has 0 saturated carbocycles. The number of ketones is 1. The number of rotatable bonds is 3. The molecule has 0 aliphatic rings. The maximum atomic E-state index is 11.9. The summed E-state index contributed by atoms with van der Waals surface area (Å²) in [6.07, 6.45) is 1.76. The lowest BCUT2D eigenvalue weighted by molar-refractivity contribution is 0.0968. The van der Waals surface area contributed by atoms with Crippen molar-refractivity contribution < 1.29 is 4.79 Å². The van der Waals surface area contributed by atoms with E-state index in [1.54, 1.807) is 16.9 Å². The van der Waals surface area contributed by atoms with E-state index in [1.807, 2.05) is 13.0 Å². The van der Waals surface area contributed by atoms with Crippen molar-refractivity contribution in [3.05, 3.63) is 38.3 Å². The zero-order valence-corrected chi connectivity index (χ0v) is 10.7. The van der Waals surface area contributed by atoms with Crippen molar-refractivity contribution in [3.8, 4) is 0 Å². The van der Waals surface area contributed by atoms with Crippen molar-refractivity contribution in [3.63, 3.8) is 0 Å². The lowest BCUT2D eigenvalue weighted by Gasteiger charge is -1.99. The molecule has 0 aromatic carbocycles. The zero-order chi connectivity index (χ0) is 11.7. The third-order valence-electron chi connectivity index (χ3n) is 2.04. The van der Waals surface area contributed by atoms with E-state index in [9.17, 15) is 4.79 Å². The van der Waals surface area contributed by atoms with Gasteiger partial charge in [-0.2, -0.15) is 5.10 Å². The van der Waals surface area contributed by atoms with E-state index < -0.39 is 0 Å². The molecule has 16 heavy (non-hydrogen) atoms. The Hall–Kier alpha value is -0.840. The Morgan fingerprint density at radius 1 is 1.56 bits per heavy atom. The number of hydrogen-bond acceptors (Lipinski definition) is 3. The Morgan fingerprint density at radius 2 is 2.31 bits per heavy atom. The fourth-order valence-corrected chi connectivity index (χ4v) is 2.81. The van der Waals surface area contributed by atoms with Crippen LogP contribution in [0.4, 0.5) is 0 Å². The molecule has 0 bridgehead atoms. The zero-order valence-electron chi connectivity index (χ0n) is 8.41. The molecule has 0 radical (unpaired) electrons. The van der Waals surface area contributed by atoms with Gasteiger partial charge < -0.3 is 0 Å². The first-order valence-corrected chi connectivity index (χ1v) is 6.11. The monoisotopic (exact) mass is 274 g/mol. The fourth-order valence-electron chi connectivity index (χ4n) is 1.31. The van der Waals surface area contributed by atoms with Gasteiger partial charge in [-0.25, -0.2) is 0 Å². The molecule has 0 fully saturated rings. The average molecular weight is 275 g/mol. The lowest BCUT2D eigenvalue weighted by Crippen LogP contribution is -2.10. The normalized spacial score (nSPS) is 10.7. The highest BCUT2D eigenvalue weighted by Gasteiger charge is 2.14. The Balaban J connectivity index is 2.17. The smallest absolute Gasteiger partial charge is 0.186 e. The van der Waals surface area contributed by atoms with Gasteiger partial charge in [-0.15, -0.1) is 11.3 Å². The molecule has 3 nitrogen and oxygen atoms in total. The number of aryl methyl sites for hydroxylation is 1. The van der Waals surface area contributed by atoms with E-state index in [0.717, 1.165) is 5.69 Å². The number of carbonyl (C=O) groups excluding carboxylic acids is 1. The summed E-state index contributed by atoms with van der Waals surface area (Å²) >= 11 is 12.9. The van der Waals surface area contributed by atoms with Crippen LogP contribution in [-0.2, 0) is 6.54 Å². The summed E-state index contributed by atoms with van der Waals surface area (Å²) in [7, 11) is 0. The Kier molecular flexibility index (Phi) is 3.33. The molecule has 2 rings (SSSR count). The topological polar surface area (TPSA) is 34.9 Å². The van der Waals surface area contributed by atoms with Gasteiger partial charge in [0.05, 0.1) is 15.6 Å². The van der Waals surface area contributed by atoms with Crippen LogP contribution in [0.15, 0.2) is 18.3 Å². The van der Waals surface area contributed by atoms with Crippen molar-refractivity contribution in [1.29, 1.82) is 0 Å². The third kappa shape index (κ3) is 2.45. The maximum Gasteiger partial charge on any atom is 0.186 e. The van der Waals surface area contributed by atoms with E-state index in [0.29, 0.717) is 14.2 Å². The van der Waals surface area contributed by atoms with Gasteiger partial charge in [-0.3, -0.25) is 9.48 Å². The lowest BCUT2D eigenvalue weighted by atomic mass is 10.2. The van der Waals surface area contributed by atoms with Gasteiger partial charge in [0.1, 0.15) is 10.9 Å². The molecule has 0 aliphatic carbocycles. The van der Waals surface area contributed by atoms with E-state index in [-0.39, 0.29) is 12.3 Å². The van der Waals surface area contributed by atoms with Gasteiger partial charge in [-0.1, -0.05) is 23.2 Å². The van der Waals surface area contributed by atoms with Crippen molar-refractivity contribution in [1.82, 2.24) is 9.78 Å². The van der Waals surface area contributed by atoms with Gasteiger partial charge in [-0.05, 0) is 19.1 Å². The van der Waals surface area contributed by atoms with Crippen LogP contribution < -0.4 is 0 Å². The molecular weight excluding hydrogens is 267 g/mol. The van der Waals surface area contributed by atoms with E-state index in [2.05, 4.69) is 5.10 Å². The quantitative estimate of drug-likeness (QED) is 0.804. The minimum atomic E-state index is -0.0868.